The van der Waals surface area contributed by atoms with Gasteiger partial charge >= 0.3 is 0 Å². The maximum Gasteiger partial charge on any atom is 0.279 e. The molecule has 0 unspecified atom stereocenters. The second-order valence-corrected chi connectivity index (χ2v) is 8.84. The molecule has 4 heterocycles. The Hall–Kier alpha value is -4.09. The number of anilines is 3. The topological polar surface area (TPSA) is 132 Å². The highest BCUT2D eigenvalue weighted by molar-refractivity contribution is 5.96. The molecule has 3 aliphatic rings. The number of ether oxygens (including phenoxy) is 2. The summed E-state index contributed by atoms with van der Waals surface area (Å²) in [6.45, 7) is 4.40. The van der Waals surface area contributed by atoms with Crippen molar-refractivity contribution >= 4 is 28.9 Å². The SMILES string of the molecule is O=C1NCCCCOCc2cc(ccc2N2CCOCC2)Nc2nccc(n2)-c2ccc1cc2[N+](=O)[O-]. The number of amides is 1. The summed E-state index contributed by atoms with van der Waals surface area (Å²) in [6, 6.07) is 12.0. The van der Waals surface area contributed by atoms with Crippen LogP contribution in [-0.4, -0.2) is 60.3 Å². The Morgan fingerprint density at radius 3 is 2.70 bits per heavy atom. The van der Waals surface area contributed by atoms with Crippen LogP contribution < -0.4 is 15.5 Å². The molecular weight excluding hydrogens is 476 g/mol. The van der Waals surface area contributed by atoms with Crippen LogP contribution in [0, 0.1) is 10.1 Å². The van der Waals surface area contributed by atoms with Gasteiger partial charge in [-0.2, -0.15) is 0 Å². The third-order valence-corrected chi connectivity index (χ3v) is 6.33. The molecule has 3 aliphatic heterocycles. The molecule has 1 amide bonds. The van der Waals surface area contributed by atoms with Crippen molar-refractivity contribution in [3.63, 3.8) is 0 Å². The lowest BCUT2D eigenvalue weighted by Gasteiger charge is -2.31. The maximum absolute atomic E-state index is 12.6. The molecular formula is C26H28N6O5. The Bertz CT molecular complexity index is 1290. The molecule has 6 bridgehead atoms. The highest BCUT2D eigenvalue weighted by atomic mass is 16.6. The largest absolute Gasteiger partial charge is 0.378 e. The Morgan fingerprint density at radius 1 is 1.00 bits per heavy atom. The maximum atomic E-state index is 12.6. The first-order valence-electron chi connectivity index (χ1n) is 12.3. The van der Waals surface area contributed by atoms with E-state index in [1.165, 1.54) is 6.07 Å². The number of carbonyl (C=O) groups is 1. The summed E-state index contributed by atoms with van der Waals surface area (Å²) in [4.78, 5) is 35.0. The van der Waals surface area contributed by atoms with Crippen molar-refractivity contribution < 1.29 is 19.2 Å². The van der Waals surface area contributed by atoms with E-state index in [1.807, 2.05) is 12.1 Å². The van der Waals surface area contributed by atoms with Crippen LogP contribution in [0.5, 0.6) is 0 Å². The highest BCUT2D eigenvalue weighted by Gasteiger charge is 2.21. The number of hydrogen-bond donors (Lipinski definition) is 2. The lowest BCUT2D eigenvalue weighted by Crippen LogP contribution is -2.36. The molecule has 192 valence electrons. The van der Waals surface area contributed by atoms with Gasteiger partial charge in [0, 0.05) is 61.0 Å². The smallest absolute Gasteiger partial charge is 0.279 e. The van der Waals surface area contributed by atoms with Crippen LogP contribution in [0.4, 0.5) is 23.0 Å². The van der Waals surface area contributed by atoms with Gasteiger partial charge in [0.05, 0.1) is 36.0 Å². The van der Waals surface area contributed by atoms with Gasteiger partial charge in [-0.05, 0) is 49.2 Å². The fourth-order valence-corrected chi connectivity index (χ4v) is 4.45. The van der Waals surface area contributed by atoms with Gasteiger partial charge in [0.1, 0.15) is 0 Å². The average Bonchev–Trinajstić information content (AvgIpc) is 2.92. The Balaban J connectivity index is 1.51. The molecule has 6 rings (SSSR count). The lowest BCUT2D eigenvalue weighted by atomic mass is 10.1. The zero-order chi connectivity index (χ0) is 25.6. The number of fused-ring (bicyclic) bond motifs is 9. The minimum absolute atomic E-state index is 0.194. The number of nitro benzene ring substituents is 1. The molecule has 11 nitrogen and oxygen atoms in total. The number of rotatable bonds is 2. The molecule has 0 spiro atoms. The summed E-state index contributed by atoms with van der Waals surface area (Å²) in [5, 5.41) is 17.9. The molecule has 0 radical (unpaired) electrons. The number of aromatic nitrogens is 2. The van der Waals surface area contributed by atoms with Gasteiger partial charge in [-0.15, -0.1) is 0 Å². The van der Waals surface area contributed by atoms with Gasteiger partial charge in [0.2, 0.25) is 5.95 Å². The van der Waals surface area contributed by atoms with Crippen molar-refractivity contribution in [1.82, 2.24) is 15.3 Å². The minimum Gasteiger partial charge on any atom is -0.378 e. The number of benzene rings is 2. The van der Waals surface area contributed by atoms with Gasteiger partial charge < -0.3 is 25.0 Å². The van der Waals surface area contributed by atoms with Gasteiger partial charge in [-0.3, -0.25) is 14.9 Å². The second kappa shape index (κ2) is 11.3. The molecule has 2 N–H and O–H groups in total. The first-order valence-corrected chi connectivity index (χ1v) is 12.3. The molecule has 0 atom stereocenters. The lowest BCUT2D eigenvalue weighted by molar-refractivity contribution is -0.384. The summed E-state index contributed by atoms with van der Waals surface area (Å²) in [5.74, 6) is -0.0535. The first-order chi connectivity index (χ1) is 18.1. The highest BCUT2D eigenvalue weighted by Crippen LogP contribution is 2.31. The summed E-state index contributed by atoms with van der Waals surface area (Å²) < 4.78 is 11.5. The monoisotopic (exact) mass is 504 g/mol. The van der Waals surface area contributed by atoms with Gasteiger partial charge in [-0.25, -0.2) is 9.97 Å². The number of nitro groups is 1. The molecule has 0 aliphatic carbocycles. The summed E-state index contributed by atoms with van der Waals surface area (Å²) >= 11 is 0. The van der Waals surface area contributed by atoms with Crippen LogP contribution >= 0.6 is 0 Å². The van der Waals surface area contributed by atoms with E-state index in [-0.39, 0.29) is 17.2 Å². The molecule has 1 saturated heterocycles. The van der Waals surface area contributed by atoms with E-state index in [0.29, 0.717) is 50.2 Å². The number of carbonyl (C=O) groups excluding carboxylic acids is 1. The van der Waals surface area contributed by atoms with Crippen molar-refractivity contribution in [2.24, 2.45) is 0 Å². The van der Waals surface area contributed by atoms with E-state index in [2.05, 4.69) is 31.6 Å². The average molecular weight is 505 g/mol. The summed E-state index contributed by atoms with van der Waals surface area (Å²) in [7, 11) is 0. The van der Waals surface area contributed by atoms with Gasteiger partial charge in [0.25, 0.3) is 11.6 Å². The zero-order valence-corrected chi connectivity index (χ0v) is 20.3. The zero-order valence-electron chi connectivity index (χ0n) is 20.3. The molecule has 1 fully saturated rings. The Kier molecular flexibility index (Phi) is 7.52. The van der Waals surface area contributed by atoms with Crippen molar-refractivity contribution in [2.45, 2.75) is 19.4 Å². The van der Waals surface area contributed by atoms with E-state index in [1.54, 1.807) is 24.4 Å². The van der Waals surface area contributed by atoms with Crippen molar-refractivity contribution in [3.05, 3.63) is 69.9 Å². The summed E-state index contributed by atoms with van der Waals surface area (Å²) in [6.07, 6.45) is 3.04. The molecule has 2 aromatic carbocycles. The van der Waals surface area contributed by atoms with Crippen LogP contribution in [0.1, 0.15) is 28.8 Å². The number of morpholine rings is 1. The molecule has 11 heteroatoms. The van der Waals surface area contributed by atoms with E-state index in [9.17, 15) is 14.9 Å². The van der Waals surface area contributed by atoms with Crippen molar-refractivity contribution in [2.75, 3.05) is 49.7 Å². The van der Waals surface area contributed by atoms with Gasteiger partial charge in [-0.1, -0.05) is 0 Å². The molecule has 3 aromatic rings. The van der Waals surface area contributed by atoms with Crippen LogP contribution in [0.15, 0.2) is 48.7 Å². The quantitative estimate of drug-likeness (QED) is 0.396. The number of nitrogens with one attached hydrogen (secondary N) is 2. The Labute approximate surface area is 214 Å². The van der Waals surface area contributed by atoms with E-state index < -0.39 is 4.92 Å². The predicted octanol–water partition coefficient (Wildman–Crippen LogP) is 3.67. The van der Waals surface area contributed by atoms with E-state index in [0.717, 1.165) is 42.9 Å². The molecule has 37 heavy (non-hydrogen) atoms. The normalized spacial score (nSPS) is 16.6. The fourth-order valence-electron chi connectivity index (χ4n) is 4.45. The number of nitrogens with zero attached hydrogens (tertiary/aromatic N) is 4. The molecule has 0 saturated carbocycles. The first kappa shape index (κ1) is 24.6. The standard InChI is InChI=1S/C26H28N6O5/c33-25-18-3-5-21(24(16-18)32(34)35)22-7-9-28-26(30-22)29-20-4-6-23(31-10-13-36-14-11-31)19(15-20)17-37-12-2-1-8-27-25/h3-7,9,15-16H,1-2,8,10-14,17H2,(H,27,33)(H,28,29,30). The Morgan fingerprint density at radius 2 is 1.86 bits per heavy atom. The van der Waals surface area contributed by atoms with Gasteiger partial charge in [0.15, 0.2) is 0 Å². The predicted molar refractivity (Wildman–Crippen MR) is 138 cm³/mol. The number of hydrogen-bond acceptors (Lipinski definition) is 9. The minimum atomic E-state index is -0.502. The van der Waals surface area contributed by atoms with Crippen molar-refractivity contribution in [3.8, 4) is 11.3 Å². The van der Waals surface area contributed by atoms with Crippen LogP contribution in [0.3, 0.4) is 0 Å². The summed E-state index contributed by atoms with van der Waals surface area (Å²) in [5.41, 5.74) is 3.62. The van der Waals surface area contributed by atoms with Crippen LogP contribution in [0.25, 0.3) is 11.3 Å². The third kappa shape index (κ3) is 5.84. The van der Waals surface area contributed by atoms with Crippen LogP contribution in [0.2, 0.25) is 0 Å². The van der Waals surface area contributed by atoms with Crippen LogP contribution in [-0.2, 0) is 16.1 Å². The third-order valence-electron chi connectivity index (χ3n) is 6.33. The van der Waals surface area contributed by atoms with E-state index in [4.69, 9.17) is 9.47 Å². The van der Waals surface area contributed by atoms with Crippen molar-refractivity contribution in [1.29, 1.82) is 0 Å². The molecule has 1 aromatic heterocycles. The second-order valence-electron chi connectivity index (χ2n) is 8.84. The van der Waals surface area contributed by atoms with E-state index >= 15 is 0 Å². The fraction of sp³-hybridized carbons (Fsp3) is 0.346.